The van der Waals surface area contributed by atoms with Crippen LogP contribution >= 0.6 is 0 Å². The summed E-state index contributed by atoms with van der Waals surface area (Å²) < 4.78 is 11.8. The Hall–Kier alpha value is -0.200. The minimum absolute atomic E-state index is 0.0926. The monoisotopic (exact) mass is 89.1 g/mol. The predicted molar refractivity (Wildman–Crippen MR) is 24.9 cm³/mol. The Bertz CT molecular complexity index is 23.1. The van der Waals surface area contributed by atoms with Gasteiger partial charge in [-0.3, -0.25) is 0 Å². The van der Waals surface area contributed by atoms with Crippen molar-refractivity contribution in [3.8, 4) is 0 Å². The van der Waals surface area contributed by atoms with Crippen LogP contribution in [-0.2, 0) is 0 Å². The van der Waals surface area contributed by atoms with E-state index in [1.54, 1.807) is 0 Å². The van der Waals surface area contributed by atoms with E-state index in [2.05, 4.69) is 0 Å². The van der Waals surface area contributed by atoms with Crippen LogP contribution in [0.5, 0.6) is 0 Å². The van der Waals surface area contributed by atoms with Crippen LogP contribution in [-0.4, -0.2) is 0 Å². The van der Waals surface area contributed by atoms with Crippen LogP contribution in [0.25, 0.3) is 0 Å². The first-order valence-electron chi connectivity index (χ1n) is 2.31. The van der Waals surface area contributed by atoms with E-state index in [1.807, 2.05) is 13.8 Å². The molecule has 0 N–H and O–H groups in total. The molecule has 0 spiro atoms. The van der Waals surface area contributed by atoms with Gasteiger partial charge in [-0.15, -0.1) is 0 Å². The van der Waals surface area contributed by atoms with Crippen molar-refractivity contribution in [2.24, 2.45) is 0 Å². The normalized spacial score (nSPS) is 8.50. The molecular formula is C5H10F+. The van der Waals surface area contributed by atoms with Crippen LogP contribution in [0.4, 0.5) is 4.39 Å². The molecule has 0 aromatic heterocycles. The zero-order chi connectivity index (χ0) is 4.99. The quantitative estimate of drug-likeness (QED) is 0.455. The van der Waals surface area contributed by atoms with Gasteiger partial charge in [0.1, 0.15) is 12.8 Å². The molecule has 0 saturated heterocycles. The summed E-state index contributed by atoms with van der Waals surface area (Å²) in [5, 5.41) is 0. The molecule has 0 aliphatic rings. The van der Waals surface area contributed by atoms with Gasteiger partial charge in [-0.1, -0.05) is 0 Å². The van der Waals surface area contributed by atoms with Crippen molar-refractivity contribution in [2.45, 2.75) is 26.7 Å². The molecule has 0 aliphatic heterocycles. The first kappa shape index (κ1) is 5.80. The van der Waals surface area contributed by atoms with Crippen molar-refractivity contribution in [2.75, 3.05) is 0 Å². The molecule has 36 valence electrons. The molecule has 0 amide bonds. The summed E-state index contributed by atoms with van der Waals surface area (Å²) in [6, 6.07) is 0. The zero-order valence-electron chi connectivity index (χ0n) is 4.29. The Morgan fingerprint density at radius 2 is 1.67 bits per heavy atom. The Balaban J connectivity index is 2.75. The van der Waals surface area contributed by atoms with Crippen molar-refractivity contribution in [1.29, 1.82) is 0 Å². The maximum atomic E-state index is 11.8. The molecule has 0 aromatic carbocycles. The van der Waals surface area contributed by atoms with Crippen molar-refractivity contribution < 1.29 is 4.39 Å². The van der Waals surface area contributed by atoms with Gasteiger partial charge in [0.15, 0.2) is 0 Å². The first-order valence-corrected chi connectivity index (χ1v) is 2.31. The SMILES string of the molecule is CC[C+](F)CC. The lowest BCUT2D eigenvalue weighted by Crippen LogP contribution is -1.79. The summed E-state index contributed by atoms with van der Waals surface area (Å²) in [5.41, 5.74) is 0. The Labute approximate surface area is 38.4 Å². The standard InChI is InChI=1S/C5H10F/c1-3-5(6)4-2/h3-4H2,1-2H3/q+1. The third-order valence-corrected chi connectivity index (χ3v) is 0.767. The molecule has 0 unspecified atom stereocenters. The van der Waals surface area contributed by atoms with Crippen molar-refractivity contribution in [1.82, 2.24) is 0 Å². The van der Waals surface area contributed by atoms with E-state index in [9.17, 15) is 4.39 Å². The molecule has 0 bridgehead atoms. The van der Waals surface area contributed by atoms with E-state index in [4.69, 9.17) is 0 Å². The second-order valence-electron chi connectivity index (χ2n) is 1.22. The van der Waals surface area contributed by atoms with E-state index in [1.165, 1.54) is 0 Å². The Kier molecular flexibility index (Phi) is 2.91. The van der Waals surface area contributed by atoms with E-state index in [0.29, 0.717) is 12.8 Å². The van der Waals surface area contributed by atoms with E-state index < -0.39 is 0 Å². The summed E-state index contributed by atoms with van der Waals surface area (Å²) in [7, 11) is 0. The molecule has 1 heteroatoms. The molecule has 0 aromatic rings. The van der Waals surface area contributed by atoms with Crippen LogP contribution in [0.1, 0.15) is 26.7 Å². The van der Waals surface area contributed by atoms with Crippen LogP contribution in [0.3, 0.4) is 0 Å². The Morgan fingerprint density at radius 1 is 1.33 bits per heavy atom. The van der Waals surface area contributed by atoms with Crippen molar-refractivity contribution in [3.05, 3.63) is 6.17 Å². The predicted octanol–water partition coefficient (Wildman–Crippen LogP) is 2.31. The third-order valence-electron chi connectivity index (χ3n) is 0.767. The Morgan fingerprint density at radius 3 is 1.67 bits per heavy atom. The number of rotatable bonds is 2. The minimum atomic E-state index is 0.0926. The van der Waals surface area contributed by atoms with Crippen molar-refractivity contribution >= 4 is 0 Å². The second kappa shape index (κ2) is 3.01. The first-order chi connectivity index (χ1) is 2.81. The van der Waals surface area contributed by atoms with Crippen LogP contribution in [0.15, 0.2) is 0 Å². The summed E-state index contributed by atoms with van der Waals surface area (Å²) >= 11 is 0. The van der Waals surface area contributed by atoms with Gasteiger partial charge in [-0.25, -0.2) is 0 Å². The van der Waals surface area contributed by atoms with Crippen LogP contribution in [0, 0.1) is 6.17 Å². The van der Waals surface area contributed by atoms with Gasteiger partial charge in [-0.05, 0) is 18.2 Å². The second-order valence-corrected chi connectivity index (χ2v) is 1.22. The van der Waals surface area contributed by atoms with E-state index in [0.717, 1.165) is 0 Å². The third kappa shape index (κ3) is 2.06. The smallest absolute Gasteiger partial charge is 0.0206 e. The number of hydrogen-bond acceptors (Lipinski definition) is 0. The molecule has 0 heterocycles. The number of halogens is 1. The average molecular weight is 89.1 g/mol. The molecule has 0 radical (unpaired) electrons. The van der Waals surface area contributed by atoms with Gasteiger partial charge in [0.05, 0.1) is 0 Å². The lowest BCUT2D eigenvalue weighted by molar-refractivity contribution is 0.450. The molecule has 0 fully saturated rings. The van der Waals surface area contributed by atoms with E-state index in [-0.39, 0.29) is 6.17 Å². The highest BCUT2D eigenvalue weighted by molar-refractivity contribution is 4.69. The van der Waals surface area contributed by atoms with Gasteiger partial charge < -0.3 is 0 Å². The summed E-state index contributed by atoms with van der Waals surface area (Å²) in [5.74, 6) is 0. The molecule has 6 heavy (non-hydrogen) atoms. The zero-order valence-corrected chi connectivity index (χ0v) is 4.29. The lowest BCUT2D eigenvalue weighted by Gasteiger charge is -1.77. The maximum absolute atomic E-state index is 11.8. The maximum Gasteiger partial charge on any atom is 0.298 e. The topological polar surface area (TPSA) is 0 Å². The van der Waals surface area contributed by atoms with E-state index >= 15 is 0 Å². The minimum Gasteiger partial charge on any atom is -0.0206 e. The largest absolute Gasteiger partial charge is 0.298 e. The average Bonchev–Trinajstić information content (AvgIpc) is 1.65. The molecule has 0 rings (SSSR count). The fraction of sp³-hybridized carbons (Fsp3) is 0.800. The highest BCUT2D eigenvalue weighted by Gasteiger charge is 2.10. The van der Waals surface area contributed by atoms with Crippen LogP contribution in [0.2, 0.25) is 0 Å². The van der Waals surface area contributed by atoms with Gasteiger partial charge in [0.2, 0.25) is 0 Å². The van der Waals surface area contributed by atoms with Gasteiger partial charge >= 0.3 is 0 Å². The molecule has 0 saturated carbocycles. The lowest BCUT2D eigenvalue weighted by atomic mass is 10.2. The fourth-order valence-corrected chi connectivity index (χ4v) is 0.250. The fourth-order valence-electron chi connectivity index (χ4n) is 0.250. The summed E-state index contributed by atoms with van der Waals surface area (Å²) in [6.45, 7) is 3.64. The highest BCUT2D eigenvalue weighted by Crippen LogP contribution is 2.09. The molecule has 0 nitrogen and oxygen atoms in total. The van der Waals surface area contributed by atoms with Gasteiger partial charge in [-0.2, -0.15) is 0 Å². The molecule has 0 aliphatic carbocycles. The van der Waals surface area contributed by atoms with Gasteiger partial charge in [0, 0.05) is 0 Å². The summed E-state index contributed by atoms with van der Waals surface area (Å²) in [6.07, 6.45) is 1.25. The molecule has 0 atom stereocenters. The van der Waals surface area contributed by atoms with Crippen LogP contribution < -0.4 is 0 Å². The number of hydrogen-bond donors (Lipinski definition) is 0. The summed E-state index contributed by atoms with van der Waals surface area (Å²) in [4.78, 5) is 0. The van der Waals surface area contributed by atoms with Gasteiger partial charge in [0.25, 0.3) is 6.17 Å². The highest BCUT2D eigenvalue weighted by atomic mass is 19.1. The van der Waals surface area contributed by atoms with Crippen molar-refractivity contribution in [3.63, 3.8) is 0 Å². The molecular weight excluding hydrogens is 79.1 g/mol.